The van der Waals surface area contributed by atoms with E-state index in [1.807, 2.05) is 0 Å². The minimum atomic E-state index is -4.70. The molecule has 0 aliphatic carbocycles. The number of pyridine rings is 1. The Morgan fingerprint density at radius 1 is 1.00 bits per heavy atom. The lowest BCUT2D eigenvalue weighted by Gasteiger charge is -2.11. The van der Waals surface area contributed by atoms with Gasteiger partial charge in [0, 0.05) is 30.9 Å². The molecule has 3 aromatic heterocycles. The maximum absolute atomic E-state index is 14.4. The average Bonchev–Trinajstić information content (AvgIpc) is 3.18. The first-order valence-electron chi connectivity index (χ1n) is 9.52. The first kappa shape index (κ1) is 22.9. The van der Waals surface area contributed by atoms with Gasteiger partial charge >= 0.3 is 11.9 Å². The lowest BCUT2D eigenvalue weighted by molar-refractivity contribution is -0.141. The van der Waals surface area contributed by atoms with Gasteiger partial charge < -0.3 is 9.47 Å². The molecule has 0 unspecified atom stereocenters. The number of alkyl halides is 3. The minimum absolute atomic E-state index is 0.0289. The second-order valence-electron chi connectivity index (χ2n) is 6.98. The number of hydrogen-bond donors (Lipinski definition) is 0. The highest BCUT2D eigenvalue weighted by atomic mass is 19.4. The topological polar surface area (TPSA) is 84.1 Å². The van der Waals surface area contributed by atoms with E-state index in [1.54, 1.807) is 13.2 Å². The van der Waals surface area contributed by atoms with Crippen LogP contribution < -0.4 is 15.2 Å². The monoisotopic (exact) mass is 479 g/mol. The van der Waals surface area contributed by atoms with Crippen LogP contribution in [0.2, 0.25) is 0 Å². The van der Waals surface area contributed by atoms with Crippen molar-refractivity contribution in [3.63, 3.8) is 0 Å². The van der Waals surface area contributed by atoms with Crippen LogP contribution in [0.15, 0.2) is 59.8 Å². The molecule has 0 aliphatic rings. The van der Waals surface area contributed by atoms with E-state index in [-0.39, 0.29) is 12.3 Å². The number of aromatic nitrogens is 5. The van der Waals surface area contributed by atoms with Gasteiger partial charge in [0.2, 0.25) is 11.7 Å². The number of nitrogens with zero attached hydrogens (tertiary/aromatic N) is 5. The molecule has 0 saturated carbocycles. The molecule has 34 heavy (non-hydrogen) atoms. The fourth-order valence-corrected chi connectivity index (χ4v) is 2.87. The Balaban J connectivity index is 1.50. The summed E-state index contributed by atoms with van der Waals surface area (Å²) in [6.45, 7) is 0.0289. The zero-order valence-electron chi connectivity index (χ0n) is 17.3. The van der Waals surface area contributed by atoms with Crippen LogP contribution >= 0.6 is 0 Å². The van der Waals surface area contributed by atoms with Gasteiger partial charge in [-0.25, -0.2) is 14.2 Å². The second-order valence-corrected chi connectivity index (χ2v) is 6.98. The van der Waals surface area contributed by atoms with Gasteiger partial charge in [-0.3, -0.25) is 9.25 Å². The summed E-state index contributed by atoms with van der Waals surface area (Å²) in [5, 5.41) is 3.96. The quantitative estimate of drug-likeness (QED) is 0.384. The molecule has 8 nitrogen and oxygen atoms in total. The molecular formula is C21H14F5N5O3. The Morgan fingerprint density at radius 2 is 1.79 bits per heavy atom. The van der Waals surface area contributed by atoms with Crippen molar-refractivity contribution in [2.45, 2.75) is 12.7 Å². The van der Waals surface area contributed by atoms with Gasteiger partial charge in [-0.1, -0.05) is 6.07 Å². The zero-order chi connectivity index (χ0) is 24.5. The molecule has 0 N–H and O–H groups in total. The Hall–Kier alpha value is -4.29. The Labute approximate surface area is 187 Å². The van der Waals surface area contributed by atoms with E-state index in [1.165, 1.54) is 10.9 Å². The van der Waals surface area contributed by atoms with Crippen LogP contribution in [0.25, 0.3) is 0 Å². The summed E-state index contributed by atoms with van der Waals surface area (Å²) < 4.78 is 79.9. The Kier molecular flexibility index (Phi) is 6.01. The molecule has 0 bridgehead atoms. The number of rotatable bonds is 6. The Bertz CT molecular complexity index is 1400. The van der Waals surface area contributed by atoms with E-state index >= 15 is 0 Å². The van der Waals surface area contributed by atoms with E-state index in [2.05, 4.69) is 15.1 Å². The molecule has 0 spiro atoms. The molecule has 0 atom stereocenters. The molecule has 176 valence electrons. The number of aryl methyl sites for hydroxylation is 1. The number of benzene rings is 1. The van der Waals surface area contributed by atoms with Gasteiger partial charge in [-0.2, -0.15) is 27.6 Å². The summed E-state index contributed by atoms with van der Waals surface area (Å²) in [7, 11) is 1.69. The van der Waals surface area contributed by atoms with E-state index in [9.17, 15) is 26.7 Å². The first-order valence-corrected chi connectivity index (χ1v) is 9.52. The summed E-state index contributed by atoms with van der Waals surface area (Å²) in [5.74, 6) is -3.83. The summed E-state index contributed by atoms with van der Waals surface area (Å²) >= 11 is 0. The van der Waals surface area contributed by atoms with Crippen LogP contribution in [0.1, 0.15) is 11.3 Å². The van der Waals surface area contributed by atoms with Crippen molar-refractivity contribution in [3.05, 3.63) is 88.4 Å². The van der Waals surface area contributed by atoms with Crippen LogP contribution in [0, 0.1) is 11.6 Å². The smallest absolute Gasteiger partial charge is 0.433 e. The largest absolute Gasteiger partial charge is 0.436 e. The van der Waals surface area contributed by atoms with Crippen molar-refractivity contribution in [1.29, 1.82) is 0 Å². The second kappa shape index (κ2) is 8.92. The highest BCUT2D eigenvalue weighted by molar-refractivity contribution is 5.37. The number of halogens is 5. The van der Waals surface area contributed by atoms with E-state index in [0.717, 1.165) is 47.2 Å². The van der Waals surface area contributed by atoms with Gasteiger partial charge in [0.15, 0.2) is 11.6 Å². The van der Waals surface area contributed by atoms with Gasteiger partial charge in [-0.15, -0.1) is 0 Å². The van der Waals surface area contributed by atoms with E-state index in [0.29, 0.717) is 5.56 Å². The fraction of sp³-hybridized carbons (Fsp3) is 0.143. The summed E-state index contributed by atoms with van der Waals surface area (Å²) in [6, 6.07) is 5.93. The molecule has 0 aliphatic heterocycles. The van der Waals surface area contributed by atoms with Crippen molar-refractivity contribution in [3.8, 4) is 23.3 Å². The molecule has 0 amide bonds. The highest BCUT2D eigenvalue weighted by Crippen LogP contribution is 2.32. The molecule has 0 saturated heterocycles. The third-order valence-corrected chi connectivity index (χ3v) is 4.37. The summed E-state index contributed by atoms with van der Waals surface area (Å²) in [4.78, 5) is 19.0. The normalized spacial score (nSPS) is 11.5. The molecular weight excluding hydrogens is 465 g/mol. The third kappa shape index (κ3) is 5.19. The van der Waals surface area contributed by atoms with Gasteiger partial charge in [0.05, 0.1) is 18.9 Å². The number of hydrogen-bond acceptors (Lipinski definition) is 6. The standard InChI is InChI=1S/C21H14F5N5O3/c1-30-9-12(8-27-30)10-31-11-15(23)19(29-20(31)32)33-13-5-6-16(14(22)7-13)34-18-4-2-3-17(28-18)21(24,25)26/h2-9,11H,10H2,1H3. The summed E-state index contributed by atoms with van der Waals surface area (Å²) in [6.07, 6.45) is -0.643. The molecule has 3 heterocycles. The molecule has 4 aromatic rings. The molecule has 0 radical (unpaired) electrons. The highest BCUT2D eigenvalue weighted by Gasteiger charge is 2.32. The van der Waals surface area contributed by atoms with Gasteiger partial charge in [0.25, 0.3) is 5.88 Å². The molecule has 4 rings (SSSR count). The van der Waals surface area contributed by atoms with Crippen LogP contribution in [0.5, 0.6) is 23.3 Å². The van der Waals surface area contributed by atoms with Gasteiger partial charge in [-0.05, 0) is 18.2 Å². The van der Waals surface area contributed by atoms with Gasteiger partial charge in [0.1, 0.15) is 11.4 Å². The zero-order valence-corrected chi connectivity index (χ0v) is 17.3. The van der Waals surface area contributed by atoms with Crippen LogP contribution in [0.3, 0.4) is 0 Å². The van der Waals surface area contributed by atoms with Crippen molar-refractivity contribution in [2.24, 2.45) is 7.05 Å². The lowest BCUT2D eigenvalue weighted by atomic mass is 10.3. The first-order chi connectivity index (χ1) is 16.1. The van der Waals surface area contributed by atoms with Crippen molar-refractivity contribution in [1.82, 2.24) is 24.3 Å². The lowest BCUT2D eigenvalue weighted by Crippen LogP contribution is -2.24. The predicted molar refractivity (Wildman–Crippen MR) is 107 cm³/mol. The van der Waals surface area contributed by atoms with Crippen LogP contribution in [-0.4, -0.2) is 24.3 Å². The molecule has 1 aromatic carbocycles. The average molecular weight is 479 g/mol. The SMILES string of the molecule is Cn1cc(Cn2cc(F)c(Oc3ccc(Oc4cccc(C(F)(F)F)n4)c(F)c3)nc2=O)cn1. The molecule has 13 heteroatoms. The Morgan fingerprint density at radius 3 is 2.47 bits per heavy atom. The maximum Gasteiger partial charge on any atom is 0.433 e. The van der Waals surface area contributed by atoms with Crippen LogP contribution in [-0.2, 0) is 19.8 Å². The van der Waals surface area contributed by atoms with E-state index in [4.69, 9.17) is 9.47 Å². The van der Waals surface area contributed by atoms with E-state index < -0.39 is 46.7 Å². The predicted octanol–water partition coefficient (Wildman–Crippen LogP) is 4.30. The molecule has 0 fully saturated rings. The number of ether oxygens (including phenoxy) is 2. The third-order valence-electron chi connectivity index (χ3n) is 4.37. The fourth-order valence-electron chi connectivity index (χ4n) is 2.87. The summed E-state index contributed by atoms with van der Waals surface area (Å²) in [5.41, 5.74) is -1.37. The van der Waals surface area contributed by atoms with Crippen molar-refractivity contribution < 1.29 is 31.4 Å². The van der Waals surface area contributed by atoms with Crippen molar-refractivity contribution >= 4 is 0 Å². The maximum atomic E-state index is 14.4. The minimum Gasteiger partial charge on any atom is -0.436 e. The van der Waals surface area contributed by atoms with Crippen LogP contribution in [0.4, 0.5) is 22.0 Å². The van der Waals surface area contributed by atoms with Crippen molar-refractivity contribution in [2.75, 3.05) is 0 Å².